The van der Waals surface area contributed by atoms with E-state index in [4.69, 9.17) is 0 Å². The zero-order valence-electron chi connectivity index (χ0n) is 16.1. The molecule has 13 heteroatoms. The Hall–Kier alpha value is -1.79. The van der Waals surface area contributed by atoms with Crippen molar-refractivity contribution in [1.82, 2.24) is 4.73 Å². The first-order valence-corrected chi connectivity index (χ1v) is 11.4. The smallest absolute Gasteiger partial charge is 0.450 e. The van der Waals surface area contributed by atoms with Crippen LogP contribution in [0.2, 0.25) is 0 Å². The second-order valence-corrected chi connectivity index (χ2v) is 10.2. The van der Waals surface area contributed by atoms with Crippen LogP contribution in [-0.2, 0) is 23.0 Å². The third-order valence-electron chi connectivity index (χ3n) is 6.87. The summed E-state index contributed by atoms with van der Waals surface area (Å²) in [6.07, 6.45) is 1.91. The molecule has 4 rings (SSSR count). The van der Waals surface area contributed by atoms with Crippen LogP contribution >= 0.6 is 0 Å². The molecule has 6 nitrogen and oxygen atoms in total. The highest BCUT2D eigenvalue weighted by molar-refractivity contribution is 7.88. The van der Waals surface area contributed by atoms with Crippen LogP contribution in [0, 0.1) is 17.8 Å². The van der Waals surface area contributed by atoms with Crippen LogP contribution < -0.4 is 4.28 Å². The van der Waals surface area contributed by atoms with E-state index >= 15 is 0 Å². The van der Waals surface area contributed by atoms with Gasteiger partial charge < -0.3 is 10.2 Å². The lowest BCUT2D eigenvalue weighted by molar-refractivity contribution is -0.304. The van der Waals surface area contributed by atoms with Crippen LogP contribution in [0.15, 0.2) is 0 Å². The molecule has 1 heterocycles. The van der Waals surface area contributed by atoms with Gasteiger partial charge in [0.05, 0.1) is 0 Å². The fraction of sp³-hybridized carbons (Fsp3) is 0.778. The van der Waals surface area contributed by atoms with Gasteiger partial charge in [-0.15, -0.1) is 0 Å². The van der Waals surface area contributed by atoms with Crippen LogP contribution in [0.1, 0.15) is 49.7 Å². The molecule has 3 unspecified atom stereocenters. The Balaban J connectivity index is 1.66. The molecule has 3 atom stereocenters. The van der Waals surface area contributed by atoms with Crippen molar-refractivity contribution in [1.29, 1.82) is 0 Å². The molecule has 0 amide bonds. The molecule has 2 saturated carbocycles. The second kappa shape index (κ2) is 6.85. The maximum atomic E-state index is 14.6. The number of fused-ring (bicyclic) bond motifs is 3. The summed E-state index contributed by atoms with van der Waals surface area (Å²) >= 11 is 0. The number of alkyl halides is 6. The fourth-order valence-corrected chi connectivity index (χ4v) is 6.11. The number of hydrogen-bond acceptors (Lipinski definition) is 5. The molecular weight excluding hydrogens is 456 g/mol. The first-order valence-electron chi connectivity index (χ1n) is 9.94. The van der Waals surface area contributed by atoms with Gasteiger partial charge in [-0.2, -0.15) is 34.8 Å². The van der Waals surface area contributed by atoms with Crippen LogP contribution in [0.3, 0.4) is 0 Å². The lowest BCUT2D eigenvalue weighted by Gasteiger charge is -2.37. The van der Waals surface area contributed by atoms with Gasteiger partial charge in [-0.05, 0) is 56.8 Å². The Morgan fingerprint density at radius 3 is 1.90 bits per heavy atom. The van der Waals surface area contributed by atoms with E-state index in [0.717, 1.165) is 0 Å². The first kappa shape index (κ1) is 22.4. The third kappa shape index (κ3) is 3.01. The average molecular weight is 477 g/mol. The van der Waals surface area contributed by atoms with E-state index in [-0.39, 0.29) is 47.5 Å². The first-order chi connectivity index (χ1) is 14.2. The van der Waals surface area contributed by atoms with Crippen LogP contribution in [0.5, 0.6) is 11.8 Å². The SMILES string of the molecule is O=S(=O)(On1c(O)c2c(c1O)CCCC2)C(F)(F)C(F)(F)C(F)(F)C1CC2CCC1C2. The summed E-state index contributed by atoms with van der Waals surface area (Å²) in [7, 11) is -6.76. The molecule has 2 N–H and O–H groups in total. The highest BCUT2D eigenvalue weighted by Gasteiger charge is 2.81. The zero-order chi connectivity index (χ0) is 23.0. The Labute approximate surface area is 173 Å². The second-order valence-electron chi connectivity index (χ2n) is 8.63. The van der Waals surface area contributed by atoms with Crippen molar-refractivity contribution >= 4 is 10.1 Å². The number of halogens is 6. The maximum Gasteiger partial charge on any atom is 0.450 e. The summed E-state index contributed by atoms with van der Waals surface area (Å²) in [5.41, 5.74) is 0.0303. The summed E-state index contributed by atoms with van der Waals surface area (Å²) in [5, 5.41) is 13.7. The highest BCUT2D eigenvalue weighted by Crippen LogP contribution is 2.60. The van der Waals surface area contributed by atoms with Gasteiger partial charge in [0.15, 0.2) is 0 Å². The van der Waals surface area contributed by atoms with Crippen molar-refractivity contribution in [3.8, 4) is 11.8 Å². The molecule has 3 aliphatic rings. The molecule has 3 aliphatic carbocycles. The molecule has 0 aliphatic heterocycles. The molecule has 0 radical (unpaired) electrons. The van der Waals surface area contributed by atoms with Crippen molar-refractivity contribution in [2.45, 2.75) is 68.5 Å². The van der Waals surface area contributed by atoms with Crippen molar-refractivity contribution in [3.05, 3.63) is 11.1 Å². The molecule has 0 spiro atoms. The molecule has 2 fully saturated rings. The van der Waals surface area contributed by atoms with Crippen LogP contribution in [0.25, 0.3) is 0 Å². The lowest BCUT2D eigenvalue weighted by Crippen LogP contribution is -2.62. The van der Waals surface area contributed by atoms with E-state index in [9.17, 15) is 45.0 Å². The number of hydrogen-bond donors (Lipinski definition) is 2. The van der Waals surface area contributed by atoms with E-state index in [1.165, 1.54) is 0 Å². The summed E-state index contributed by atoms with van der Waals surface area (Å²) in [6, 6.07) is 0. The highest BCUT2D eigenvalue weighted by atomic mass is 32.2. The minimum atomic E-state index is -6.76. The fourth-order valence-electron chi connectivity index (χ4n) is 5.23. The molecule has 176 valence electrons. The lowest BCUT2D eigenvalue weighted by atomic mass is 9.81. The molecule has 1 aromatic rings. The van der Waals surface area contributed by atoms with E-state index in [0.29, 0.717) is 19.3 Å². The zero-order valence-corrected chi connectivity index (χ0v) is 16.9. The topological polar surface area (TPSA) is 88.8 Å². The number of rotatable bonds is 6. The Bertz CT molecular complexity index is 963. The Morgan fingerprint density at radius 1 is 0.903 bits per heavy atom. The summed E-state index contributed by atoms with van der Waals surface area (Å²) in [6.45, 7) is 0. The summed E-state index contributed by atoms with van der Waals surface area (Å²) in [4.78, 5) is 0. The van der Waals surface area contributed by atoms with Gasteiger partial charge in [0, 0.05) is 17.0 Å². The van der Waals surface area contributed by atoms with Crippen LogP contribution in [-0.4, -0.2) is 40.5 Å². The maximum absolute atomic E-state index is 14.6. The Kier molecular flexibility index (Phi) is 4.95. The van der Waals surface area contributed by atoms with E-state index in [2.05, 4.69) is 4.28 Å². The molecule has 0 saturated heterocycles. The predicted octanol–water partition coefficient (Wildman–Crippen LogP) is 3.84. The van der Waals surface area contributed by atoms with Gasteiger partial charge in [-0.1, -0.05) is 11.2 Å². The number of nitrogens with zero attached hydrogens (tertiary/aromatic N) is 1. The van der Waals surface area contributed by atoms with Crippen molar-refractivity contribution in [2.75, 3.05) is 0 Å². The van der Waals surface area contributed by atoms with Gasteiger partial charge in [-0.3, -0.25) is 4.28 Å². The molecule has 0 aromatic carbocycles. The average Bonchev–Trinajstić information content (AvgIpc) is 3.39. The predicted molar refractivity (Wildman–Crippen MR) is 93.7 cm³/mol. The normalized spacial score (nSPS) is 26.8. The van der Waals surface area contributed by atoms with Crippen LogP contribution in [0.4, 0.5) is 26.3 Å². The quantitative estimate of drug-likeness (QED) is 0.608. The molecule has 2 bridgehead atoms. The van der Waals surface area contributed by atoms with Gasteiger partial charge in [0.2, 0.25) is 11.8 Å². The largest absolute Gasteiger partial charge is 0.492 e. The summed E-state index contributed by atoms with van der Waals surface area (Å²) in [5.74, 6) is -17.0. The monoisotopic (exact) mass is 477 g/mol. The molecular formula is C18H21F6NO5S. The minimum absolute atomic E-state index is 0.0151. The minimum Gasteiger partial charge on any atom is -0.492 e. The van der Waals surface area contributed by atoms with Gasteiger partial charge in [0.25, 0.3) is 0 Å². The number of aromatic hydroxyl groups is 2. The molecule has 31 heavy (non-hydrogen) atoms. The van der Waals surface area contributed by atoms with E-state index in [1.54, 1.807) is 0 Å². The number of aromatic nitrogens is 1. The van der Waals surface area contributed by atoms with Crippen molar-refractivity contribution in [3.63, 3.8) is 0 Å². The van der Waals surface area contributed by atoms with E-state index in [1.807, 2.05) is 0 Å². The summed E-state index contributed by atoms with van der Waals surface area (Å²) < 4.78 is 115. The van der Waals surface area contributed by atoms with Gasteiger partial charge in [0.1, 0.15) is 0 Å². The standard InChI is InChI=1S/C18H21F6NO5S/c19-16(20,13-8-9-5-6-10(13)7-9)17(21,22)18(23,24)31(28,29)30-25-14(26)11-3-1-2-4-12(11)15(25)27/h9-10,13,26-27H,1-8H2. The Morgan fingerprint density at radius 2 is 1.45 bits per heavy atom. The molecule has 1 aromatic heterocycles. The van der Waals surface area contributed by atoms with Crippen molar-refractivity contribution < 1.29 is 49.3 Å². The van der Waals surface area contributed by atoms with E-state index < -0.39 is 57.2 Å². The van der Waals surface area contributed by atoms with Crippen molar-refractivity contribution in [2.24, 2.45) is 17.8 Å². The van der Waals surface area contributed by atoms with Gasteiger partial charge in [-0.25, -0.2) is 0 Å². The van der Waals surface area contributed by atoms with Gasteiger partial charge >= 0.3 is 27.2 Å². The third-order valence-corrected chi connectivity index (χ3v) is 8.10.